The SMILES string of the molecule is CCCC(CCCC(C)C)NCC. The van der Waals surface area contributed by atoms with Crippen LogP contribution < -0.4 is 5.32 Å². The van der Waals surface area contributed by atoms with Crippen LogP contribution >= 0.6 is 0 Å². The summed E-state index contributed by atoms with van der Waals surface area (Å²) in [5.41, 5.74) is 0. The molecule has 0 bridgehead atoms. The van der Waals surface area contributed by atoms with Gasteiger partial charge < -0.3 is 5.32 Å². The summed E-state index contributed by atoms with van der Waals surface area (Å²) >= 11 is 0. The summed E-state index contributed by atoms with van der Waals surface area (Å²) in [7, 11) is 0. The van der Waals surface area contributed by atoms with Crippen LogP contribution in [-0.2, 0) is 0 Å². The van der Waals surface area contributed by atoms with E-state index >= 15 is 0 Å². The van der Waals surface area contributed by atoms with Crippen LogP contribution in [-0.4, -0.2) is 12.6 Å². The normalized spacial score (nSPS) is 13.6. The monoisotopic (exact) mass is 185 g/mol. The molecule has 0 fully saturated rings. The zero-order valence-corrected chi connectivity index (χ0v) is 9.90. The highest BCUT2D eigenvalue weighted by Crippen LogP contribution is 2.11. The fourth-order valence-electron chi connectivity index (χ4n) is 1.76. The first kappa shape index (κ1) is 13.0. The van der Waals surface area contributed by atoms with Crippen LogP contribution in [0, 0.1) is 5.92 Å². The lowest BCUT2D eigenvalue weighted by Gasteiger charge is -2.17. The second-order valence-corrected chi connectivity index (χ2v) is 4.37. The Hall–Kier alpha value is -0.0400. The summed E-state index contributed by atoms with van der Waals surface area (Å²) in [6, 6.07) is 0.772. The molecule has 0 saturated heterocycles. The fraction of sp³-hybridized carbons (Fsp3) is 1.00. The first-order valence-corrected chi connectivity index (χ1v) is 5.94. The van der Waals surface area contributed by atoms with Crippen LogP contribution in [0.3, 0.4) is 0 Å². The zero-order valence-electron chi connectivity index (χ0n) is 9.90. The topological polar surface area (TPSA) is 12.0 Å². The molecule has 0 amide bonds. The predicted octanol–water partition coefficient (Wildman–Crippen LogP) is 3.59. The highest BCUT2D eigenvalue weighted by atomic mass is 14.9. The molecule has 1 heteroatoms. The minimum absolute atomic E-state index is 0.772. The van der Waals surface area contributed by atoms with Gasteiger partial charge in [-0.2, -0.15) is 0 Å². The van der Waals surface area contributed by atoms with Crippen LogP contribution in [0.25, 0.3) is 0 Å². The summed E-state index contributed by atoms with van der Waals surface area (Å²) in [5, 5.41) is 3.56. The molecular formula is C12H27N. The molecule has 0 aromatic rings. The van der Waals surface area contributed by atoms with Gasteiger partial charge in [0.05, 0.1) is 0 Å². The molecule has 0 radical (unpaired) electrons. The van der Waals surface area contributed by atoms with Crippen molar-refractivity contribution in [3.05, 3.63) is 0 Å². The first-order chi connectivity index (χ1) is 6.20. The van der Waals surface area contributed by atoms with Gasteiger partial charge in [0.25, 0.3) is 0 Å². The summed E-state index contributed by atoms with van der Waals surface area (Å²) in [5.74, 6) is 0.865. The molecule has 1 unspecified atom stereocenters. The molecule has 0 heterocycles. The van der Waals surface area contributed by atoms with Gasteiger partial charge >= 0.3 is 0 Å². The lowest BCUT2D eigenvalue weighted by molar-refractivity contribution is 0.422. The van der Waals surface area contributed by atoms with Crippen molar-refractivity contribution in [2.24, 2.45) is 5.92 Å². The second-order valence-electron chi connectivity index (χ2n) is 4.37. The van der Waals surface area contributed by atoms with E-state index in [1.807, 2.05) is 0 Å². The smallest absolute Gasteiger partial charge is 0.00668 e. The number of hydrogen-bond acceptors (Lipinski definition) is 1. The van der Waals surface area contributed by atoms with Gasteiger partial charge in [-0.25, -0.2) is 0 Å². The van der Waals surface area contributed by atoms with Crippen molar-refractivity contribution in [1.82, 2.24) is 5.32 Å². The molecular weight excluding hydrogens is 158 g/mol. The minimum atomic E-state index is 0.772. The molecule has 0 rings (SSSR count). The van der Waals surface area contributed by atoms with E-state index in [-0.39, 0.29) is 0 Å². The summed E-state index contributed by atoms with van der Waals surface area (Å²) in [4.78, 5) is 0. The highest BCUT2D eigenvalue weighted by Gasteiger charge is 2.05. The van der Waals surface area contributed by atoms with E-state index in [1.165, 1.54) is 32.1 Å². The van der Waals surface area contributed by atoms with Gasteiger partial charge in [0, 0.05) is 6.04 Å². The van der Waals surface area contributed by atoms with Crippen molar-refractivity contribution >= 4 is 0 Å². The Morgan fingerprint density at radius 1 is 1.00 bits per heavy atom. The van der Waals surface area contributed by atoms with Crippen molar-refractivity contribution in [1.29, 1.82) is 0 Å². The van der Waals surface area contributed by atoms with Crippen LogP contribution in [0.4, 0.5) is 0 Å². The van der Waals surface area contributed by atoms with Crippen LogP contribution in [0.2, 0.25) is 0 Å². The maximum absolute atomic E-state index is 3.56. The minimum Gasteiger partial charge on any atom is -0.314 e. The van der Waals surface area contributed by atoms with Gasteiger partial charge in [-0.1, -0.05) is 47.0 Å². The third-order valence-corrected chi connectivity index (χ3v) is 2.46. The van der Waals surface area contributed by atoms with Crippen molar-refractivity contribution in [2.45, 2.75) is 65.8 Å². The van der Waals surface area contributed by atoms with Gasteiger partial charge in [0.2, 0.25) is 0 Å². The van der Waals surface area contributed by atoms with E-state index in [0.29, 0.717) is 0 Å². The highest BCUT2D eigenvalue weighted by molar-refractivity contribution is 4.65. The lowest BCUT2D eigenvalue weighted by Crippen LogP contribution is -2.28. The third kappa shape index (κ3) is 8.29. The Bertz CT molecular complexity index is 93.3. The first-order valence-electron chi connectivity index (χ1n) is 5.94. The Kier molecular flexibility index (Phi) is 8.53. The average molecular weight is 185 g/mol. The van der Waals surface area contributed by atoms with Crippen LogP contribution in [0.15, 0.2) is 0 Å². The molecule has 1 N–H and O–H groups in total. The third-order valence-electron chi connectivity index (χ3n) is 2.46. The molecule has 13 heavy (non-hydrogen) atoms. The number of hydrogen-bond donors (Lipinski definition) is 1. The Labute approximate surface area is 84.3 Å². The molecule has 0 saturated carbocycles. The van der Waals surface area contributed by atoms with Crippen molar-refractivity contribution < 1.29 is 0 Å². The van der Waals surface area contributed by atoms with E-state index < -0.39 is 0 Å². The molecule has 0 aromatic heterocycles. The Morgan fingerprint density at radius 3 is 2.15 bits per heavy atom. The van der Waals surface area contributed by atoms with E-state index in [1.54, 1.807) is 0 Å². The van der Waals surface area contributed by atoms with Gasteiger partial charge in [-0.3, -0.25) is 0 Å². The van der Waals surface area contributed by atoms with Gasteiger partial charge in [-0.05, 0) is 25.3 Å². The van der Waals surface area contributed by atoms with Gasteiger partial charge in [0.15, 0.2) is 0 Å². The van der Waals surface area contributed by atoms with Crippen molar-refractivity contribution in [2.75, 3.05) is 6.54 Å². The molecule has 0 aliphatic carbocycles. The molecule has 0 spiro atoms. The van der Waals surface area contributed by atoms with Crippen molar-refractivity contribution in [3.63, 3.8) is 0 Å². The molecule has 0 aliphatic rings. The number of nitrogens with one attached hydrogen (secondary N) is 1. The molecule has 0 aromatic carbocycles. The van der Waals surface area contributed by atoms with E-state index in [4.69, 9.17) is 0 Å². The van der Waals surface area contributed by atoms with Crippen LogP contribution in [0.1, 0.15) is 59.8 Å². The van der Waals surface area contributed by atoms with E-state index in [9.17, 15) is 0 Å². The molecule has 80 valence electrons. The Morgan fingerprint density at radius 2 is 1.69 bits per heavy atom. The maximum Gasteiger partial charge on any atom is 0.00668 e. The second kappa shape index (κ2) is 8.55. The number of rotatable bonds is 8. The summed E-state index contributed by atoms with van der Waals surface area (Å²) in [6.45, 7) is 10.2. The molecule has 1 atom stereocenters. The van der Waals surface area contributed by atoms with E-state index in [2.05, 4.69) is 33.0 Å². The standard InChI is InChI=1S/C12H27N/c1-5-8-12(13-6-2)10-7-9-11(3)4/h11-13H,5-10H2,1-4H3. The van der Waals surface area contributed by atoms with Crippen molar-refractivity contribution in [3.8, 4) is 0 Å². The molecule has 1 nitrogen and oxygen atoms in total. The van der Waals surface area contributed by atoms with Crippen LogP contribution in [0.5, 0.6) is 0 Å². The molecule has 0 aliphatic heterocycles. The van der Waals surface area contributed by atoms with Gasteiger partial charge in [0.1, 0.15) is 0 Å². The van der Waals surface area contributed by atoms with E-state index in [0.717, 1.165) is 18.5 Å². The average Bonchev–Trinajstić information content (AvgIpc) is 2.04. The zero-order chi connectivity index (χ0) is 10.1. The Balaban J connectivity index is 3.44. The summed E-state index contributed by atoms with van der Waals surface area (Å²) < 4.78 is 0. The maximum atomic E-state index is 3.56. The largest absolute Gasteiger partial charge is 0.314 e. The summed E-state index contributed by atoms with van der Waals surface area (Å²) in [6.07, 6.45) is 6.77. The quantitative estimate of drug-likeness (QED) is 0.609. The fourth-order valence-corrected chi connectivity index (χ4v) is 1.76. The lowest BCUT2D eigenvalue weighted by atomic mass is 10.0. The van der Waals surface area contributed by atoms with Gasteiger partial charge in [-0.15, -0.1) is 0 Å². The predicted molar refractivity (Wildman–Crippen MR) is 61.1 cm³/mol.